The molecule has 90 valence electrons. The van der Waals surface area contributed by atoms with Gasteiger partial charge < -0.3 is 6.92 Å². The van der Waals surface area contributed by atoms with E-state index in [1.807, 2.05) is 30.3 Å². The second kappa shape index (κ2) is 14.1. The van der Waals surface area contributed by atoms with Crippen LogP contribution < -0.4 is 37.7 Å². The van der Waals surface area contributed by atoms with E-state index < -0.39 is 0 Å². The van der Waals surface area contributed by atoms with Crippen LogP contribution in [0.4, 0.5) is 0 Å². The van der Waals surface area contributed by atoms with Gasteiger partial charge in [0, 0.05) is 0 Å². The molecule has 0 atom stereocenters. The van der Waals surface area contributed by atoms with Crippen LogP contribution in [0, 0.1) is 19.9 Å². The molecule has 0 saturated carbocycles. The Hall–Kier alpha value is -0.365. The molecular formula is C17H20Li2. The Morgan fingerprint density at radius 1 is 0.947 bits per heavy atom. The van der Waals surface area contributed by atoms with Crippen LogP contribution >= 0.6 is 0 Å². The Labute approximate surface area is 142 Å². The Morgan fingerprint density at radius 2 is 1.53 bits per heavy atom. The van der Waals surface area contributed by atoms with E-state index in [-0.39, 0.29) is 37.7 Å². The van der Waals surface area contributed by atoms with Crippen LogP contribution in [0.2, 0.25) is 0 Å². The van der Waals surface area contributed by atoms with Crippen molar-refractivity contribution in [3.63, 3.8) is 0 Å². The Bertz CT molecular complexity index is 385. The summed E-state index contributed by atoms with van der Waals surface area (Å²) in [6, 6.07) is 21.4. The van der Waals surface area contributed by atoms with Gasteiger partial charge in [-0.05, 0) is 12.0 Å². The second-order valence-electron chi connectivity index (χ2n) is 4.02. The van der Waals surface area contributed by atoms with E-state index in [9.17, 15) is 0 Å². The average Bonchev–Trinajstić information content (AvgIpc) is 2.39. The maximum atomic E-state index is 3.80. The van der Waals surface area contributed by atoms with Gasteiger partial charge in [0.25, 0.3) is 0 Å². The summed E-state index contributed by atoms with van der Waals surface area (Å²) < 4.78 is 0. The first-order valence-electron chi connectivity index (χ1n) is 6.09. The summed E-state index contributed by atoms with van der Waals surface area (Å²) in [7, 11) is 0. The van der Waals surface area contributed by atoms with Crippen molar-refractivity contribution in [2.75, 3.05) is 0 Å². The average molecular weight is 238 g/mol. The van der Waals surface area contributed by atoms with Crippen LogP contribution in [0.3, 0.4) is 0 Å². The molecule has 0 aromatic heterocycles. The molecule has 0 radical (unpaired) electrons. The molecule has 2 rings (SSSR count). The van der Waals surface area contributed by atoms with Crippen molar-refractivity contribution in [2.24, 2.45) is 0 Å². The topological polar surface area (TPSA) is 0 Å². The molecule has 0 saturated heterocycles. The summed E-state index contributed by atoms with van der Waals surface area (Å²) in [6.07, 6.45) is 3.41. The van der Waals surface area contributed by atoms with Gasteiger partial charge in [0.2, 0.25) is 0 Å². The zero-order valence-corrected chi connectivity index (χ0v) is 12.5. The molecule has 2 aromatic carbocycles. The third kappa shape index (κ3) is 11.2. The Balaban J connectivity index is 0. The molecule has 19 heavy (non-hydrogen) atoms. The van der Waals surface area contributed by atoms with Crippen molar-refractivity contribution in [3.8, 4) is 0 Å². The van der Waals surface area contributed by atoms with E-state index in [2.05, 4.69) is 44.2 Å². The molecular weight excluding hydrogens is 218 g/mol. The largest absolute Gasteiger partial charge is 1.00 e. The van der Waals surface area contributed by atoms with Gasteiger partial charge in [0.05, 0.1) is 0 Å². The summed E-state index contributed by atoms with van der Waals surface area (Å²) in [5.74, 6) is 0. The summed E-state index contributed by atoms with van der Waals surface area (Å²) >= 11 is 0. The zero-order valence-electron chi connectivity index (χ0n) is 12.5. The molecule has 0 amide bonds. The fourth-order valence-corrected chi connectivity index (χ4v) is 1.44. The molecule has 0 aliphatic carbocycles. The van der Waals surface area contributed by atoms with E-state index in [0.29, 0.717) is 0 Å². The van der Waals surface area contributed by atoms with Crippen molar-refractivity contribution in [1.82, 2.24) is 0 Å². The Morgan fingerprint density at radius 3 is 1.95 bits per heavy atom. The summed E-state index contributed by atoms with van der Waals surface area (Å²) in [5, 5.41) is 0. The number of rotatable bonds is 3. The van der Waals surface area contributed by atoms with Crippen molar-refractivity contribution in [3.05, 3.63) is 78.7 Å². The number of hydrogen-bond donors (Lipinski definition) is 0. The van der Waals surface area contributed by atoms with E-state index in [0.717, 1.165) is 6.42 Å². The van der Waals surface area contributed by atoms with Crippen molar-refractivity contribution >= 4 is 0 Å². The number of hydrogen-bond acceptors (Lipinski definition) is 0. The van der Waals surface area contributed by atoms with Crippen LogP contribution in [-0.4, -0.2) is 0 Å². The minimum Gasteiger partial charge on any atom is -0.343 e. The molecule has 0 nitrogen and oxygen atoms in total. The Kier molecular flexibility index (Phi) is 15.5. The quantitative estimate of drug-likeness (QED) is 0.458. The molecule has 2 heteroatoms. The number of aryl methyl sites for hydroxylation is 2. The third-order valence-electron chi connectivity index (χ3n) is 2.44. The minimum atomic E-state index is 0. The molecule has 0 heterocycles. The van der Waals surface area contributed by atoms with E-state index in [1.54, 1.807) is 0 Å². The predicted octanol–water partition coefficient (Wildman–Crippen LogP) is -1.35. The minimum absolute atomic E-state index is 0. The molecule has 0 N–H and O–H groups in total. The van der Waals surface area contributed by atoms with Gasteiger partial charge in [0.15, 0.2) is 0 Å². The van der Waals surface area contributed by atoms with Gasteiger partial charge in [-0.3, -0.25) is 0 Å². The third-order valence-corrected chi connectivity index (χ3v) is 2.44. The first-order chi connectivity index (χ1) is 8.33. The standard InChI is InChI=1S/C10H13.C7H7.2Li/c1-2-3-7-10-8-5-4-6-9-10;1-7-5-3-2-4-6-7;;/h4-6,8-9H,1-3,7H2;3-6H,1H3;;/q2*-1;2*+1. The smallest absolute Gasteiger partial charge is 0.343 e. The van der Waals surface area contributed by atoms with E-state index in [4.69, 9.17) is 0 Å². The van der Waals surface area contributed by atoms with Crippen LogP contribution in [-0.2, 0) is 6.42 Å². The molecule has 2 aromatic rings. The molecule has 0 aliphatic heterocycles. The normalized spacial score (nSPS) is 8.32. The molecule has 0 aliphatic rings. The van der Waals surface area contributed by atoms with Crippen LogP contribution in [0.25, 0.3) is 0 Å². The van der Waals surface area contributed by atoms with Crippen LogP contribution in [0.1, 0.15) is 24.0 Å². The number of unbranched alkanes of at least 4 members (excludes halogenated alkanes) is 1. The predicted molar refractivity (Wildman–Crippen MR) is 74.8 cm³/mol. The molecule has 0 spiro atoms. The molecule has 0 fully saturated rings. The fraction of sp³-hybridized carbons (Fsp3) is 0.235. The molecule has 0 bridgehead atoms. The van der Waals surface area contributed by atoms with Crippen molar-refractivity contribution in [1.29, 1.82) is 0 Å². The summed E-state index contributed by atoms with van der Waals surface area (Å²) in [5.41, 5.74) is 2.71. The summed E-state index contributed by atoms with van der Waals surface area (Å²) in [6.45, 7) is 5.86. The number of benzene rings is 2. The second-order valence-corrected chi connectivity index (χ2v) is 4.02. The van der Waals surface area contributed by atoms with Gasteiger partial charge in [-0.15, -0.1) is 0 Å². The first kappa shape index (κ1) is 20.9. The molecule has 0 unspecified atom stereocenters. The monoisotopic (exact) mass is 238 g/mol. The van der Waals surface area contributed by atoms with Gasteiger partial charge in [-0.2, -0.15) is 42.3 Å². The maximum Gasteiger partial charge on any atom is 1.00 e. The van der Waals surface area contributed by atoms with E-state index in [1.165, 1.54) is 24.0 Å². The van der Waals surface area contributed by atoms with Gasteiger partial charge in [-0.1, -0.05) is 43.7 Å². The van der Waals surface area contributed by atoms with Crippen molar-refractivity contribution < 1.29 is 37.7 Å². The van der Waals surface area contributed by atoms with E-state index >= 15 is 0 Å². The van der Waals surface area contributed by atoms with Crippen LogP contribution in [0.15, 0.2) is 54.6 Å². The van der Waals surface area contributed by atoms with Gasteiger partial charge >= 0.3 is 37.7 Å². The van der Waals surface area contributed by atoms with Gasteiger partial charge in [-0.25, -0.2) is 0 Å². The van der Waals surface area contributed by atoms with Crippen LogP contribution in [0.5, 0.6) is 0 Å². The van der Waals surface area contributed by atoms with Crippen molar-refractivity contribution in [2.45, 2.75) is 26.2 Å². The maximum absolute atomic E-state index is 3.80. The van der Waals surface area contributed by atoms with Gasteiger partial charge in [0.1, 0.15) is 0 Å². The SMILES string of the molecule is Cc1cc[c-]cc1.[CH2-]CCCc1ccccc1.[Li+].[Li+]. The first-order valence-corrected chi connectivity index (χ1v) is 6.09. The fourth-order valence-electron chi connectivity index (χ4n) is 1.44. The summed E-state index contributed by atoms with van der Waals surface area (Å²) in [4.78, 5) is 0. The zero-order chi connectivity index (χ0) is 12.3.